The number of benzene rings is 2. The fourth-order valence-corrected chi connectivity index (χ4v) is 2.05. The number of hydrogen-bond donors (Lipinski definition) is 1. The van der Waals surface area contributed by atoms with Crippen molar-refractivity contribution in [2.75, 3.05) is 0 Å². The quantitative estimate of drug-likeness (QED) is 0.908. The van der Waals surface area contributed by atoms with Gasteiger partial charge in [0, 0.05) is 12.8 Å². The molecular weight excluding hydrogens is 236 g/mol. The number of aryl methyl sites for hydroxylation is 2. The molecule has 0 fully saturated rings. The minimum absolute atomic E-state index is 0.189. The molecule has 0 saturated heterocycles. The molecule has 2 nitrogen and oxygen atoms in total. The summed E-state index contributed by atoms with van der Waals surface area (Å²) in [4.78, 5) is 12.0. The van der Waals surface area contributed by atoms with E-state index in [0.29, 0.717) is 12.8 Å². The summed E-state index contributed by atoms with van der Waals surface area (Å²) in [5, 5.41) is 9.20. The summed E-state index contributed by atoms with van der Waals surface area (Å²) in [5.74, 6) is 0.416. The van der Waals surface area contributed by atoms with Gasteiger partial charge in [0.05, 0.1) is 0 Å². The number of aromatic hydroxyl groups is 1. The molecule has 1 N–H and O–H groups in total. The second kappa shape index (κ2) is 5.70. The number of carbonyl (C=O) groups is 1. The molecule has 2 aromatic rings. The molecule has 0 saturated carbocycles. The molecule has 0 aliphatic carbocycles. The summed E-state index contributed by atoms with van der Waals surface area (Å²) in [5.41, 5.74) is 4.46. The van der Waals surface area contributed by atoms with Gasteiger partial charge in [0.15, 0.2) is 0 Å². The van der Waals surface area contributed by atoms with E-state index in [1.54, 1.807) is 24.3 Å². The van der Waals surface area contributed by atoms with Gasteiger partial charge in [-0.15, -0.1) is 0 Å². The lowest BCUT2D eigenvalue weighted by Gasteiger charge is -2.05. The maximum atomic E-state index is 12.0. The van der Waals surface area contributed by atoms with Crippen molar-refractivity contribution in [2.24, 2.45) is 0 Å². The summed E-state index contributed by atoms with van der Waals surface area (Å²) in [6, 6.07) is 12.9. The molecule has 0 aliphatic rings. The van der Waals surface area contributed by atoms with Crippen LogP contribution >= 0.6 is 0 Å². The highest BCUT2D eigenvalue weighted by Gasteiger charge is 2.06. The van der Waals surface area contributed by atoms with Crippen LogP contribution in [0.1, 0.15) is 22.3 Å². The molecule has 19 heavy (non-hydrogen) atoms. The standard InChI is InChI=1S/C17H18O2/c1-12-3-4-15(9-13(12)2)11-17(19)10-14-5-7-16(18)8-6-14/h3-9,18H,10-11H2,1-2H3. The number of phenolic OH excluding ortho intramolecular Hbond substituents is 1. The van der Waals surface area contributed by atoms with Crippen LogP contribution in [0.4, 0.5) is 0 Å². The SMILES string of the molecule is Cc1ccc(CC(=O)Cc2ccc(O)cc2)cc1C. The van der Waals surface area contributed by atoms with Crippen molar-refractivity contribution in [1.29, 1.82) is 0 Å². The zero-order chi connectivity index (χ0) is 13.8. The Balaban J connectivity index is 2.01. The van der Waals surface area contributed by atoms with Crippen molar-refractivity contribution in [3.8, 4) is 5.75 Å². The van der Waals surface area contributed by atoms with Crippen LogP contribution < -0.4 is 0 Å². The molecule has 0 amide bonds. The molecule has 0 heterocycles. The monoisotopic (exact) mass is 254 g/mol. The van der Waals surface area contributed by atoms with Crippen molar-refractivity contribution in [3.05, 3.63) is 64.7 Å². The molecule has 0 aromatic heterocycles. The molecule has 0 aliphatic heterocycles. The second-order valence-electron chi connectivity index (χ2n) is 4.98. The van der Waals surface area contributed by atoms with Gasteiger partial charge >= 0.3 is 0 Å². The van der Waals surface area contributed by atoms with E-state index < -0.39 is 0 Å². The van der Waals surface area contributed by atoms with Gasteiger partial charge in [-0.3, -0.25) is 4.79 Å². The van der Waals surface area contributed by atoms with Gasteiger partial charge < -0.3 is 5.11 Å². The van der Waals surface area contributed by atoms with E-state index in [4.69, 9.17) is 0 Å². The summed E-state index contributed by atoms with van der Waals surface area (Å²) >= 11 is 0. The van der Waals surface area contributed by atoms with Gasteiger partial charge in [-0.1, -0.05) is 30.3 Å². The third-order valence-corrected chi connectivity index (χ3v) is 3.31. The highest BCUT2D eigenvalue weighted by molar-refractivity contribution is 5.83. The Bertz CT molecular complexity index is 583. The predicted molar refractivity (Wildman–Crippen MR) is 76.4 cm³/mol. The smallest absolute Gasteiger partial charge is 0.141 e. The highest BCUT2D eigenvalue weighted by atomic mass is 16.3. The summed E-state index contributed by atoms with van der Waals surface area (Å²) in [6.45, 7) is 4.13. The summed E-state index contributed by atoms with van der Waals surface area (Å²) in [6.07, 6.45) is 0.870. The minimum atomic E-state index is 0.189. The van der Waals surface area contributed by atoms with Crippen LogP contribution in [0.5, 0.6) is 5.75 Å². The number of ketones is 1. The number of Topliss-reactive ketones (excluding diaryl/α,β-unsaturated/α-hetero) is 1. The fraction of sp³-hybridized carbons (Fsp3) is 0.235. The van der Waals surface area contributed by atoms with E-state index in [2.05, 4.69) is 26.0 Å². The van der Waals surface area contributed by atoms with E-state index in [0.717, 1.165) is 11.1 Å². The first kappa shape index (κ1) is 13.3. The average molecular weight is 254 g/mol. The van der Waals surface area contributed by atoms with Crippen molar-refractivity contribution < 1.29 is 9.90 Å². The lowest BCUT2D eigenvalue weighted by atomic mass is 9.99. The molecule has 98 valence electrons. The molecule has 0 spiro atoms. The normalized spacial score (nSPS) is 10.4. The van der Waals surface area contributed by atoms with Gasteiger partial charge in [0.25, 0.3) is 0 Å². The first-order valence-corrected chi connectivity index (χ1v) is 6.40. The Morgan fingerprint density at radius 3 is 2.11 bits per heavy atom. The Labute approximate surface area is 113 Å². The van der Waals surface area contributed by atoms with E-state index in [1.807, 2.05) is 6.07 Å². The molecule has 0 unspecified atom stereocenters. The number of phenols is 1. The Kier molecular flexibility index (Phi) is 4.00. The Morgan fingerprint density at radius 2 is 1.47 bits per heavy atom. The van der Waals surface area contributed by atoms with Gasteiger partial charge in [-0.2, -0.15) is 0 Å². The lowest BCUT2D eigenvalue weighted by molar-refractivity contribution is -0.117. The van der Waals surface area contributed by atoms with Crippen LogP contribution in [0.15, 0.2) is 42.5 Å². The van der Waals surface area contributed by atoms with Crippen LogP contribution in [0, 0.1) is 13.8 Å². The summed E-state index contributed by atoms with van der Waals surface area (Å²) < 4.78 is 0. The second-order valence-corrected chi connectivity index (χ2v) is 4.98. The first-order valence-electron chi connectivity index (χ1n) is 6.40. The van der Waals surface area contributed by atoms with E-state index in [-0.39, 0.29) is 11.5 Å². The molecule has 0 bridgehead atoms. The molecule has 0 radical (unpaired) electrons. The van der Waals surface area contributed by atoms with Crippen molar-refractivity contribution >= 4 is 5.78 Å². The predicted octanol–water partition coefficient (Wildman–Crippen LogP) is 3.36. The fourth-order valence-electron chi connectivity index (χ4n) is 2.05. The number of hydrogen-bond acceptors (Lipinski definition) is 2. The van der Waals surface area contributed by atoms with Crippen molar-refractivity contribution in [1.82, 2.24) is 0 Å². The van der Waals surface area contributed by atoms with Crippen LogP contribution in [-0.2, 0) is 17.6 Å². The average Bonchev–Trinajstić information content (AvgIpc) is 2.37. The third-order valence-electron chi connectivity index (χ3n) is 3.31. The molecule has 0 atom stereocenters. The van der Waals surface area contributed by atoms with Gasteiger partial charge in [0.2, 0.25) is 0 Å². The lowest BCUT2D eigenvalue weighted by Crippen LogP contribution is -2.06. The Hall–Kier alpha value is -2.09. The molecule has 2 heteroatoms. The minimum Gasteiger partial charge on any atom is -0.508 e. The van der Waals surface area contributed by atoms with Crippen LogP contribution in [0.3, 0.4) is 0 Å². The summed E-state index contributed by atoms with van der Waals surface area (Å²) in [7, 11) is 0. The van der Waals surface area contributed by atoms with Gasteiger partial charge in [0.1, 0.15) is 11.5 Å². The third kappa shape index (κ3) is 3.68. The van der Waals surface area contributed by atoms with E-state index in [9.17, 15) is 9.90 Å². The van der Waals surface area contributed by atoms with Crippen LogP contribution in [0.25, 0.3) is 0 Å². The van der Waals surface area contributed by atoms with Crippen molar-refractivity contribution in [3.63, 3.8) is 0 Å². The van der Waals surface area contributed by atoms with Gasteiger partial charge in [-0.25, -0.2) is 0 Å². The largest absolute Gasteiger partial charge is 0.508 e. The van der Waals surface area contributed by atoms with Gasteiger partial charge in [-0.05, 0) is 48.2 Å². The molecular formula is C17H18O2. The number of rotatable bonds is 4. The molecule has 2 rings (SSSR count). The Morgan fingerprint density at radius 1 is 0.895 bits per heavy atom. The van der Waals surface area contributed by atoms with Crippen LogP contribution in [0.2, 0.25) is 0 Å². The zero-order valence-electron chi connectivity index (χ0n) is 11.3. The maximum absolute atomic E-state index is 12.0. The first-order chi connectivity index (χ1) is 9.04. The van der Waals surface area contributed by atoms with E-state index >= 15 is 0 Å². The topological polar surface area (TPSA) is 37.3 Å². The van der Waals surface area contributed by atoms with E-state index in [1.165, 1.54) is 11.1 Å². The zero-order valence-corrected chi connectivity index (χ0v) is 11.3. The molecule has 2 aromatic carbocycles. The number of carbonyl (C=O) groups excluding carboxylic acids is 1. The van der Waals surface area contributed by atoms with Crippen molar-refractivity contribution in [2.45, 2.75) is 26.7 Å². The highest BCUT2D eigenvalue weighted by Crippen LogP contribution is 2.13. The van der Waals surface area contributed by atoms with Crippen LogP contribution in [-0.4, -0.2) is 10.9 Å². The maximum Gasteiger partial charge on any atom is 0.141 e.